The molecule has 24 heavy (non-hydrogen) atoms. The summed E-state index contributed by atoms with van der Waals surface area (Å²) in [5.41, 5.74) is 7.76. The number of nitrogens with two attached hydrogens (primary N) is 1. The lowest BCUT2D eigenvalue weighted by atomic mass is 10.0. The third kappa shape index (κ3) is 4.28. The minimum atomic E-state index is -0.332. The molecule has 4 nitrogen and oxygen atoms in total. The topological polar surface area (TPSA) is 75.2 Å². The van der Waals surface area contributed by atoms with Crippen LogP contribution >= 0.6 is 39.7 Å². The van der Waals surface area contributed by atoms with E-state index in [9.17, 15) is 9.50 Å². The standard InChI is InChI=1S/C9H12ClNO.C7H3BrFNOS/c1-5(2)7-3-6(10)4-8(11)9(7)12;8-4-1-3(9)2-5-6(4)11-7(12)10-5/h3-5,12H,11H2,1-2H3;1-2H,(H,10,12). The van der Waals surface area contributed by atoms with Crippen molar-refractivity contribution in [2.24, 2.45) is 0 Å². The number of nitrogens with one attached hydrogen (secondary N) is 1. The Kier molecular flexibility index (Phi) is 5.90. The monoisotopic (exact) mass is 432 g/mol. The fourth-order valence-corrected chi connectivity index (χ4v) is 3.01. The lowest BCUT2D eigenvalue weighted by molar-refractivity contribution is 0.467. The van der Waals surface area contributed by atoms with Gasteiger partial charge in [-0.2, -0.15) is 0 Å². The van der Waals surface area contributed by atoms with E-state index in [2.05, 4.69) is 20.9 Å². The molecule has 0 aliphatic rings. The molecule has 0 saturated carbocycles. The van der Waals surface area contributed by atoms with Crippen molar-refractivity contribution in [3.63, 3.8) is 0 Å². The summed E-state index contributed by atoms with van der Waals surface area (Å²) in [6.07, 6.45) is 0. The third-order valence-corrected chi connectivity index (χ3v) is 4.19. The largest absolute Gasteiger partial charge is 0.505 e. The summed E-state index contributed by atoms with van der Waals surface area (Å²) in [6.45, 7) is 3.95. The summed E-state index contributed by atoms with van der Waals surface area (Å²) >= 11 is 13.7. The zero-order valence-corrected chi connectivity index (χ0v) is 16.0. The van der Waals surface area contributed by atoms with Gasteiger partial charge in [0.1, 0.15) is 11.6 Å². The van der Waals surface area contributed by atoms with Gasteiger partial charge in [0.15, 0.2) is 5.58 Å². The van der Waals surface area contributed by atoms with Gasteiger partial charge in [0.2, 0.25) is 0 Å². The SMILES string of the molecule is CC(C)c1cc(Cl)cc(N)c1O.Fc1cc(Br)c2oc(=S)[nH]c2c1. The first-order valence-electron chi connectivity index (χ1n) is 6.94. The number of phenols is 1. The summed E-state index contributed by atoms with van der Waals surface area (Å²) in [5, 5.41) is 10.1. The Bertz CT molecular complexity index is 940. The molecular formula is C16H15BrClFN2O2S. The minimum Gasteiger partial charge on any atom is -0.505 e. The summed E-state index contributed by atoms with van der Waals surface area (Å²) in [4.78, 5) is 2.96. The van der Waals surface area contributed by atoms with Gasteiger partial charge in [-0.25, -0.2) is 4.39 Å². The number of fused-ring (bicyclic) bond motifs is 1. The highest BCUT2D eigenvalue weighted by molar-refractivity contribution is 9.10. The molecule has 1 aromatic heterocycles. The molecule has 0 spiro atoms. The molecular weight excluding hydrogens is 419 g/mol. The second-order valence-electron chi connectivity index (χ2n) is 5.37. The number of aromatic amines is 1. The van der Waals surface area contributed by atoms with Crippen molar-refractivity contribution in [1.82, 2.24) is 4.98 Å². The molecule has 0 saturated heterocycles. The number of benzene rings is 2. The smallest absolute Gasteiger partial charge is 0.266 e. The first-order chi connectivity index (χ1) is 11.2. The van der Waals surface area contributed by atoms with Crippen molar-refractivity contribution in [3.05, 3.63) is 50.0 Å². The number of aromatic hydroxyl groups is 1. The molecule has 1 heterocycles. The number of halogens is 3. The normalized spacial score (nSPS) is 10.8. The number of H-pyrrole nitrogens is 1. The van der Waals surface area contributed by atoms with E-state index in [1.165, 1.54) is 12.1 Å². The Morgan fingerprint density at radius 3 is 2.62 bits per heavy atom. The second kappa shape index (κ2) is 7.55. The quantitative estimate of drug-likeness (QED) is 0.245. The average Bonchev–Trinajstić information content (AvgIpc) is 2.84. The number of hydrogen-bond acceptors (Lipinski definition) is 4. The Morgan fingerprint density at radius 2 is 2.00 bits per heavy atom. The minimum absolute atomic E-state index is 0.148. The van der Waals surface area contributed by atoms with E-state index in [1.807, 2.05) is 13.8 Å². The van der Waals surface area contributed by atoms with Gasteiger partial charge in [0, 0.05) is 16.7 Å². The number of hydrogen-bond donors (Lipinski definition) is 3. The highest BCUT2D eigenvalue weighted by atomic mass is 79.9. The Morgan fingerprint density at radius 1 is 1.33 bits per heavy atom. The fourth-order valence-electron chi connectivity index (χ4n) is 2.07. The first kappa shape index (κ1) is 18.8. The second-order valence-corrected chi connectivity index (χ2v) is 7.03. The van der Waals surface area contributed by atoms with Crippen molar-refractivity contribution in [1.29, 1.82) is 0 Å². The number of anilines is 1. The van der Waals surface area contributed by atoms with E-state index in [0.29, 0.717) is 26.3 Å². The Balaban J connectivity index is 0.000000174. The molecule has 0 aliphatic carbocycles. The predicted octanol–water partition coefficient (Wildman–Crippen LogP) is 6.14. The maximum Gasteiger partial charge on any atom is 0.266 e. The molecule has 128 valence electrons. The lowest BCUT2D eigenvalue weighted by Gasteiger charge is -2.10. The average molecular weight is 434 g/mol. The third-order valence-electron chi connectivity index (χ3n) is 3.20. The van der Waals surface area contributed by atoms with Crippen molar-refractivity contribution in [3.8, 4) is 5.75 Å². The molecule has 3 aromatic rings. The van der Waals surface area contributed by atoms with Crippen molar-refractivity contribution < 1.29 is 13.9 Å². The van der Waals surface area contributed by atoms with Crippen LogP contribution in [0.3, 0.4) is 0 Å². The van der Waals surface area contributed by atoms with Crippen LogP contribution in [0.4, 0.5) is 10.1 Å². The van der Waals surface area contributed by atoms with Crippen molar-refractivity contribution >= 4 is 56.5 Å². The van der Waals surface area contributed by atoms with Gasteiger partial charge in [-0.3, -0.25) is 0 Å². The van der Waals surface area contributed by atoms with Gasteiger partial charge in [-0.05, 0) is 52.3 Å². The maximum absolute atomic E-state index is 12.8. The van der Waals surface area contributed by atoms with E-state index < -0.39 is 0 Å². The van der Waals surface area contributed by atoms with Crippen LogP contribution < -0.4 is 5.73 Å². The van der Waals surface area contributed by atoms with Crippen LogP contribution in [0.15, 0.2) is 33.2 Å². The molecule has 0 amide bonds. The summed E-state index contributed by atoms with van der Waals surface area (Å²) in [5.74, 6) is 0.0434. The predicted molar refractivity (Wildman–Crippen MR) is 101 cm³/mol. The van der Waals surface area contributed by atoms with E-state index in [0.717, 1.165) is 5.56 Å². The number of aromatic nitrogens is 1. The zero-order valence-electron chi connectivity index (χ0n) is 12.9. The van der Waals surface area contributed by atoms with Gasteiger partial charge in [0.25, 0.3) is 4.84 Å². The molecule has 2 aromatic carbocycles. The van der Waals surface area contributed by atoms with Gasteiger partial charge in [0.05, 0.1) is 15.7 Å². The summed E-state index contributed by atoms with van der Waals surface area (Å²) < 4.78 is 18.4. The molecule has 0 unspecified atom stereocenters. The van der Waals surface area contributed by atoms with E-state index >= 15 is 0 Å². The van der Waals surface area contributed by atoms with Crippen molar-refractivity contribution in [2.75, 3.05) is 5.73 Å². The molecule has 0 fully saturated rings. The molecule has 0 radical (unpaired) electrons. The molecule has 0 atom stereocenters. The summed E-state index contributed by atoms with van der Waals surface area (Å²) in [7, 11) is 0. The number of phenolic OH excluding ortho intramolecular Hbond substituents is 1. The molecule has 8 heteroatoms. The van der Waals surface area contributed by atoms with Gasteiger partial charge >= 0.3 is 0 Å². The molecule has 0 bridgehead atoms. The molecule has 0 aliphatic heterocycles. The van der Waals surface area contributed by atoms with Crippen LogP contribution in [0.2, 0.25) is 5.02 Å². The number of oxazole rings is 1. The Hall–Kier alpha value is -1.57. The van der Waals surface area contributed by atoms with Crippen LogP contribution in [-0.4, -0.2) is 10.1 Å². The lowest BCUT2D eigenvalue weighted by Crippen LogP contribution is -1.93. The highest BCUT2D eigenvalue weighted by Gasteiger charge is 2.09. The van der Waals surface area contributed by atoms with Crippen LogP contribution in [-0.2, 0) is 0 Å². The molecule has 4 N–H and O–H groups in total. The van der Waals surface area contributed by atoms with Gasteiger partial charge in [-0.15, -0.1) is 0 Å². The van der Waals surface area contributed by atoms with Crippen LogP contribution in [0.25, 0.3) is 11.1 Å². The highest BCUT2D eigenvalue weighted by Crippen LogP contribution is 2.33. The maximum atomic E-state index is 12.8. The van der Waals surface area contributed by atoms with E-state index in [1.54, 1.807) is 12.1 Å². The zero-order chi connectivity index (χ0) is 18.0. The fraction of sp³-hybridized carbons (Fsp3) is 0.188. The number of rotatable bonds is 1. The van der Waals surface area contributed by atoms with E-state index in [-0.39, 0.29) is 22.3 Å². The first-order valence-corrected chi connectivity index (χ1v) is 8.52. The van der Waals surface area contributed by atoms with Gasteiger partial charge in [-0.1, -0.05) is 25.4 Å². The van der Waals surface area contributed by atoms with Crippen LogP contribution in [0, 0.1) is 10.7 Å². The molecule has 3 rings (SSSR count). The van der Waals surface area contributed by atoms with Crippen LogP contribution in [0.5, 0.6) is 5.75 Å². The van der Waals surface area contributed by atoms with Gasteiger partial charge < -0.3 is 20.2 Å². The van der Waals surface area contributed by atoms with Crippen molar-refractivity contribution in [2.45, 2.75) is 19.8 Å². The number of nitrogen functional groups attached to an aromatic ring is 1. The Labute approximate surface area is 156 Å². The van der Waals surface area contributed by atoms with E-state index in [4.69, 9.17) is 34.0 Å². The van der Waals surface area contributed by atoms with Crippen LogP contribution in [0.1, 0.15) is 25.3 Å². The summed E-state index contributed by atoms with van der Waals surface area (Å²) in [6, 6.07) is 5.94.